The van der Waals surface area contributed by atoms with Gasteiger partial charge in [0.15, 0.2) is 5.82 Å². The van der Waals surface area contributed by atoms with Gasteiger partial charge >= 0.3 is 0 Å². The Balaban J connectivity index is 1.92. The average Bonchev–Trinajstić information content (AvgIpc) is 3.11. The van der Waals surface area contributed by atoms with Crippen LogP contribution in [0.1, 0.15) is 16.1 Å². The number of nitro groups is 1. The minimum atomic E-state index is -0.911. The van der Waals surface area contributed by atoms with E-state index in [0.717, 1.165) is 0 Å². The Labute approximate surface area is 128 Å². The number of aryl methyl sites for hydroxylation is 1. The number of nitrogens with zero attached hydrogens (tertiary/aromatic N) is 2. The van der Waals surface area contributed by atoms with Crippen molar-refractivity contribution in [2.75, 3.05) is 5.32 Å². The lowest BCUT2D eigenvalue weighted by Crippen LogP contribution is -2.22. The second-order valence-electron chi connectivity index (χ2n) is 4.80. The van der Waals surface area contributed by atoms with E-state index in [1.54, 1.807) is 6.92 Å². The second kappa shape index (κ2) is 5.37. The van der Waals surface area contributed by atoms with Crippen LogP contribution >= 0.6 is 0 Å². The van der Waals surface area contributed by atoms with Crippen molar-refractivity contribution in [3.05, 3.63) is 51.9 Å². The second-order valence-corrected chi connectivity index (χ2v) is 4.80. The maximum Gasteiger partial charge on any atom is 0.298 e. The molecule has 0 spiro atoms. The van der Waals surface area contributed by atoms with E-state index in [4.69, 9.17) is 4.52 Å². The predicted octanol–water partition coefficient (Wildman–Crippen LogP) is 2.19. The van der Waals surface area contributed by atoms with Gasteiger partial charge in [-0.1, -0.05) is 5.16 Å². The summed E-state index contributed by atoms with van der Waals surface area (Å²) in [7, 11) is 0. The van der Waals surface area contributed by atoms with Crippen LogP contribution in [-0.2, 0) is 4.79 Å². The number of nitro benzene ring substituents is 1. The first-order valence-corrected chi connectivity index (χ1v) is 6.50. The smallest absolute Gasteiger partial charge is 0.298 e. The van der Waals surface area contributed by atoms with Crippen LogP contribution < -0.4 is 5.32 Å². The molecule has 0 atom stereocenters. The van der Waals surface area contributed by atoms with Crippen LogP contribution in [0.5, 0.6) is 0 Å². The molecule has 0 aliphatic rings. The van der Waals surface area contributed by atoms with Crippen molar-refractivity contribution in [2.45, 2.75) is 6.92 Å². The van der Waals surface area contributed by atoms with Crippen LogP contribution in [0.15, 0.2) is 35.0 Å². The number of nitrogens with one attached hydrogen (secondary N) is 2. The summed E-state index contributed by atoms with van der Waals surface area (Å²) in [5, 5.41) is 17.0. The normalized spacial score (nSPS) is 10.7. The van der Waals surface area contributed by atoms with Gasteiger partial charge in [-0.25, -0.2) is 0 Å². The summed E-state index contributed by atoms with van der Waals surface area (Å²) in [6, 6.07) is 5.49. The summed E-state index contributed by atoms with van der Waals surface area (Å²) >= 11 is 0. The van der Waals surface area contributed by atoms with E-state index >= 15 is 0 Å². The zero-order chi connectivity index (χ0) is 16.6. The highest BCUT2D eigenvalue weighted by Gasteiger charge is 2.22. The van der Waals surface area contributed by atoms with Gasteiger partial charge in [0.05, 0.1) is 10.5 Å². The largest absolute Gasteiger partial charge is 0.360 e. The van der Waals surface area contributed by atoms with E-state index in [2.05, 4.69) is 15.5 Å². The number of aromatic nitrogens is 2. The first kappa shape index (κ1) is 14.4. The summed E-state index contributed by atoms with van der Waals surface area (Å²) in [4.78, 5) is 37.3. The number of non-ortho nitro benzene ring substituents is 1. The molecule has 0 aliphatic heterocycles. The van der Waals surface area contributed by atoms with Crippen LogP contribution in [0.4, 0.5) is 11.5 Å². The Morgan fingerprint density at radius 1 is 1.35 bits per heavy atom. The molecule has 3 aromatic rings. The van der Waals surface area contributed by atoms with Gasteiger partial charge in [-0.05, 0) is 13.0 Å². The molecule has 0 fully saturated rings. The van der Waals surface area contributed by atoms with Gasteiger partial charge in [0, 0.05) is 35.3 Å². The van der Waals surface area contributed by atoms with E-state index in [1.165, 1.54) is 30.5 Å². The minimum absolute atomic E-state index is 0.0430. The van der Waals surface area contributed by atoms with Gasteiger partial charge in [-0.15, -0.1) is 0 Å². The van der Waals surface area contributed by atoms with Crippen molar-refractivity contribution in [1.29, 1.82) is 0 Å². The number of carbonyl (C=O) groups excluding carboxylic acids is 2. The van der Waals surface area contributed by atoms with Gasteiger partial charge in [0.25, 0.3) is 17.4 Å². The molecular weight excluding hydrogens is 304 g/mol. The topological polar surface area (TPSA) is 131 Å². The number of carbonyl (C=O) groups is 2. The molecule has 116 valence electrons. The van der Waals surface area contributed by atoms with Gasteiger partial charge in [-0.2, -0.15) is 0 Å². The minimum Gasteiger partial charge on any atom is -0.360 e. The lowest BCUT2D eigenvalue weighted by atomic mass is 10.1. The van der Waals surface area contributed by atoms with E-state index in [-0.39, 0.29) is 17.1 Å². The number of fused-ring (bicyclic) bond motifs is 1. The summed E-state index contributed by atoms with van der Waals surface area (Å²) in [6.07, 6.45) is 1.34. The molecule has 23 heavy (non-hydrogen) atoms. The van der Waals surface area contributed by atoms with Gasteiger partial charge < -0.3 is 14.8 Å². The zero-order valence-electron chi connectivity index (χ0n) is 11.8. The van der Waals surface area contributed by atoms with Gasteiger partial charge in [0.2, 0.25) is 0 Å². The Hall–Kier alpha value is -3.49. The lowest BCUT2D eigenvalue weighted by molar-refractivity contribution is -0.384. The van der Waals surface area contributed by atoms with Crippen LogP contribution in [0.25, 0.3) is 10.9 Å². The molecule has 1 amide bonds. The van der Waals surface area contributed by atoms with Crippen LogP contribution in [-0.4, -0.2) is 26.8 Å². The molecule has 2 N–H and O–H groups in total. The molecule has 2 aromatic heterocycles. The highest BCUT2D eigenvalue weighted by molar-refractivity contribution is 6.48. The first-order valence-electron chi connectivity index (χ1n) is 6.50. The number of anilines is 1. The number of H-pyrrole nitrogens is 1. The number of hydrogen-bond donors (Lipinski definition) is 2. The molecule has 0 saturated carbocycles. The number of Topliss-reactive ketones (excluding diaryl/α,β-unsaturated/α-hetero) is 1. The third kappa shape index (κ3) is 2.67. The van der Waals surface area contributed by atoms with Gasteiger partial charge in [-0.3, -0.25) is 19.7 Å². The molecule has 0 radical (unpaired) electrons. The van der Waals surface area contributed by atoms with Gasteiger partial charge in [0.1, 0.15) is 5.76 Å². The summed E-state index contributed by atoms with van der Waals surface area (Å²) in [5.74, 6) is -1.15. The van der Waals surface area contributed by atoms with E-state index in [9.17, 15) is 19.7 Å². The molecule has 9 nitrogen and oxygen atoms in total. The third-order valence-electron chi connectivity index (χ3n) is 3.20. The maximum absolute atomic E-state index is 12.3. The van der Waals surface area contributed by atoms with Crippen molar-refractivity contribution in [1.82, 2.24) is 10.1 Å². The van der Waals surface area contributed by atoms with E-state index in [0.29, 0.717) is 16.7 Å². The predicted molar refractivity (Wildman–Crippen MR) is 79.2 cm³/mol. The van der Waals surface area contributed by atoms with E-state index < -0.39 is 16.6 Å². The summed E-state index contributed by atoms with van der Waals surface area (Å²) in [6.45, 7) is 1.64. The summed E-state index contributed by atoms with van der Waals surface area (Å²) < 4.78 is 4.79. The molecule has 9 heteroatoms. The Kier molecular flexibility index (Phi) is 3.37. The first-order chi connectivity index (χ1) is 11.0. The molecule has 1 aromatic carbocycles. The Morgan fingerprint density at radius 3 is 2.78 bits per heavy atom. The molecule has 3 rings (SSSR count). The number of hydrogen-bond acceptors (Lipinski definition) is 6. The quantitative estimate of drug-likeness (QED) is 0.328. The molecule has 0 saturated heterocycles. The van der Waals surface area contributed by atoms with Crippen molar-refractivity contribution in [2.24, 2.45) is 0 Å². The number of benzene rings is 1. The molecular formula is C14H10N4O5. The van der Waals surface area contributed by atoms with Crippen LogP contribution in [0.3, 0.4) is 0 Å². The maximum atomic E-state index is 12.3. The van der Waals surface area contributed by atoms with Crippen molar-refractivity contribution >= 4 is 34.1 Å². The number of amides is 1. The van der Waals surface area contributed by atoms with E-state index in [1.807, 2.05) is 0 Å². The Morgan fingerprint density at radius 2 is 2.13 bits per heavy atom. The fourth-order valence-electron chi connectivity index (χ4n) is 2.13. The number of aromatic amines is 1. The van der Waals surface area contributed by atoms with Crippen LogP contribution in [0, 0.1) is 17.0 Å². The zero-order valence-corrected chi connectivity index (χ0v) is 11.8. The fraction of sp³-hybridized carbons (Fsp3) is 0.0714. The van der Waals surface area contributed by atoms with Crippen molar-refractivity contribution < 1.29 is 19.0 Å². The summed E-state index contributed by atoms with van der Waals surface area (Å²) in [5.41, 5.74) is 0.393. The number of rotatable bonds is 4. The molecule has 0 unspecified atom stereocenters. The van der Waals surface area contributed by atoms with Crippen LogP contribution in [0.2, 0.25) is 0 Å². The molecule has 0 aliphatic carbocycles. The monoisotopic (exact) mass is 314 g/mol. The van der Waals surface area contributed by atoms with Crippen molar-refractivity contribution in [3.63, 3.8) is 0 Å². The molecule has 0 bridgehead atoms. The standard InChI is InChI=1S/C14H10N4O5/c1-7-4-12(17-23-7)16-14(20)13(19)10-6-15-11-3-2-8(18(21)22)5-9(10)11/h2-6,15H,1H3,(H,16,17,20). The highest BCUT2D eigenvalue weighted by Crippen LogP contribution is 2.24. The lowest BCUT2D eigenvalue weighted by Gasteiger charge is -1.99. The fourth-order valence-corrected chi connectivity index (χ4v) is 2.13. The number of ketones is 1. The molecule has 2 heterocycles. The third-order valence-corrected chi connectivity index (χ3v) is 3.20. The van der Waals surface area contributed by atoms with Crippen molar-refractivity contribution in [3.8, 4) is 0 Å². The highest BCUT2D eigenvalue weighted by atomic mass is 16.6. The Bertz CT molecular complexity index is 940. The average molecular weight is 314 g/mol. The SMILES string of the molecule is Cc1cc(NC(=O)C(=O)c2c[nH]c3ccc([N+](=O)[O-])cc23)no1.